The SMILES string of the molecule is COc1ccc2[nH]c(C)c(CC(=O)N[C@@H](CCCCCC(C)=O)C(=O)Nc3nc(-c4ccc(Cl)cc4)cs3)c2c1. The van der Waals surface area contributed by atoms with Gasteiger partial charge in [-0.15, -0.1) is 11.3 Å². The van der Waals surface area contributed by atoms with Crippen LogP contribution in [0.4, 0.5) is 5.13 Å². The van der Waals surface area contributed by atoms with Crippen molar-refractivity contribution in [3.05, 3.63) is 64.1 Å². The van der Waals surface area contributed by atoms with Gasteiger partial charge in [0.2, 0.25) is 11.8 Å². The zero-order valence-electron chi connectivity index (χ0n) is 22.8. The molecule has 3 N–H and O–H groups in total. The lowest BCUT2D eigenvalue weighted by molar-refractivity contribution is -0.126. The second-order valence-electron chi connectivity index (χ2n) is 9.77. The van der Waals surface area contributed by atoms with Crippen LogP contribution in [0.1, 0.15) is 50.3 Å². The molecule has 2 aromatic heterocycles. The molecule has 210 valence electrons. The number of hydrogen-bond acceptors (Lipinski definition) is 6. The summed E-state index contributed by atoms with van der Waals surface area (Å²) in [5.74, 6) is 0.275. The molecule has 40 heavy (non-hydrogen) atoms. The molecule has 0 aliphatic heterocycles. The Morgan fingerprint density at radius 1 is 1.10 bits per heavy atom. The quantitative estimate of drug-likeness (QED) is 0.157. The summed E-state index contributed by atoms with van der Waals surface area (Å²) in [6.45, 7) is 3.50. The predicted molar refractivity (Wildman–Crippen MR) is 160 cm³/mol. The number of aryl methyl sites for hydroxylation is 1. The number of hydrogen-bond donors (Lipinski definition) is 3. The lowest BCUT2D eigenvalue weighted by Crippen LogP contribution is -2.44. The van der Waals surface area contributed by atoms with Gasteiger partial charge >= 0.3 is 0 Å². The Morgan fingerprint density at radius 2 is 1.88 bits per heavy atom. The zero-order chi connectivity index (χ0) is 28.6. The average molecular weight is 581 g/mol. The molecule has 0 aliphatic rings. The molecular weight excluding hydrogens is 548 g/mol. The maximum Gasteiger partial charge on any atom is 0.248 e. The summed E-state index contributed by atoms with van der Waals surface area (Å²) in [7, 11) is 1.60. The van der Waals surface area contributed by atoms with Gasteiger partial charge in [0.15, 0.2) is 5.13 Å². The van der Waals surface area contributed by atoms with E-state index in [4.69, 9.17) is 16.3 Å². The number of amides is 2. The maximum absolute atomic E-state index is 13.3. The Kier molecular flexibility index (Phi) is 9.95. The third kappa shape index (κ3) is 7.70. The van der Waals surface area contributed by atoms with Crippen molar-refractivity contribution >= 4 is 56.6 Å². The second-order valence-corrected chi connectivity index (χ2v) is 11.1. The van der Waals surface area contributed by atoms with Gasteiger partial charge in [-0.25, -0.2) is 4.98 Å². The smallest absolute Gasteiger partial charge is 0.248 e. The van der Waals surface area contributed by atoms with E-state index in [2.05, 4.69) is 20.6 Å². The molecular formula is C30H33ClN4O4S. The van der Waals surface area contributed by atoms with Crippen LogP contribution in [-0.2, 0) is 20.8 Å². The standard InChI is InChI=1S/C30H33ClN4O4S/c1-18(36)7-5-4-6-8-26(29(38)35-30-34-27(17-40-30)20-9-11-21(31)12-10-20)33-28(37)16-23-19(2)32-25-14-13-22(39-3)15-24(23)25/h9-15,17,26,32H,4-8,16H2,1-3H3,(H,33,37)(H,34,35,38)/t26-/m0/s1. The van der Waals surface area contributed by atoms with Crippen molar-refractivity contribution in [1.29, 1.82) is 0 Å². The number of carbonyl (C=O) groups excluding carboxylic acids is 3. The number of ketones is 1. The highest BCUT2D eigenvalue weighted by atomic mass is 35.5. The number of H-pyrrole nitrogens is 1. The first-order valence-corrected chi connectivity index (χ1v) is 14.5. The maximum atomic E-state index is 13.3. The molecule has 0 saturated carbocycles. The van der Waals surface area contributed by atoms with E-state index in [1.807, 2.05) is 42.6 Å². The molecule has 0 saturated heterocycles. The monoisotopic (exact) mass is 580 g/mol. The number of halogens is 1. The van der Waals surface area contributed by atoms with E-state index in [-0.39, 0.29) is 24.0 Å². The van der Waals surface area contributed by atoms with Crippen molar-refractivity contribution in [3.8, 4) is 17.0 Å². The minimum absolute atomic E-state index is 0.116. The lowest BCUT2D eigenvalue weighted by atomic mass is 10.0. The summed E-state index contributed by atoms with van der Waals surface area (Å²) in [6, 6.07) is 12.3. The van der Waals surface area contributed by atoms with Crippen molar-refractivity contribution in [2.75, 3.05) is 12.4 Å². The van der Waals surface area contributed by atoms with Crippen LogP contribution >= 0.6 is 22.9 Å². The minimum Gasteiger partial charge on any atom is -0.497 e. The van der Waals surface area contributed by atoms with Crippen LogP contribution in [0.15, 0.2) is 47.8 Å². The van der Waals surface area contributed by atoms with Gasteiger partial charge in [-0.1, -0.05) is 36.6 Å². The summed E-state index contributed by atoms with van der Waals surface area (Å²) < 4.78 is 5.36. The van der Waals surface area contributed by atoms with E-state index in [1.165, 1.54) is 11.3 Å². The molecule has 0 unspecified atom stereocenters. The molecule has 0 spiro atoms. The highest BCUT2D eigenvalue weighted by Gasteiger charge is 2.23. The van der Waals surface area contributed by atoms with Gasteiger partial charge in [0.1, 0.15) is 17.6 Å². The number of aromatic amines is 1. The number of benzene rings is 2. The van der Waals surface area contributed by atoms with Gasteiger partial charge in [0, 0.05) is 39.0 Å². The third-order valence-corrected chi connectivity index (χ3v) is 7.72. The number of nitrogens with one attached hydrogen (secondary N) is 3. The molecule has 1 atom stereocenters. The fourth-order valence-corrected chi connectivity index (χ4v) is 5.42. The third-order valence-electron chi connectivity index (χ3n) is 6.71. The van der Waals surface area contributed by atoms with Crippen LogP contribution in [-0.4, -0.2) is 40.7 Å². The van der Waals surface area contributed by atoms with Gasteiger partial charge in [-0.2, -0.15) is 0 Å². The molecule has 0 aliphatic carbocycles. The van der Waals surface area contributed by atoms with Crippen LogP contribution in [0.5, 0.6) is 5.75 Å². The number of rotatable bonds is 13. The molecule has 2 heterocycles. The van der Waals surface area contributed by atoms with Crippen molar-refractivity contribution in [2.45, 2.75) is 58.4 Å². The molecule has 2 amide bonds. The molecule has 10 heteroatoms. The van der Waals surface area contributed by atoms with E-state index in [0.717, 1.165) is 46.3 Å². The number of anilines is 1. The number of aromatic nitrogens is 2. The number of thiazole rings is 1. The van der Waals surface area contributed by atoms with Gasteiger partial charge in [0.05, 0.1) is 19.2 Å². The molecule has 0 fully saturated rings. The molecule has 4 aromatic rings. The summed E-state index contributed by atoms with van der Waals surface area (Å²) in [5, 5.41) is 9.67. The summed E-state index contributed by atoms with van der Waals surface area (Å²) in [4.78, 5) is 45.7. The fraction of sp³-hybridized carbons (Fsp3) is 0.333. The van der Waals surface area contributed by atoms with E-state index >= 15 is 0 Å². The number of unbranched alkanes of at least 4 members (excludes halogenated alkanes) is 2. The summed E-state index contributed by atoms with van der Waals surface area (Å²) >= 11 is 7.31. The van der Waals surface area contributed by atoms with Crippen molar-refractivity contribution in [1.82, 2.24) is 15.3 Å². The highest BCUT2D eigenvalue weighted by Crippen LogP contribution is 2.28. The van der Waals surface area contributed by atoms with E-state index < -0.39 is 6.04 Å². The molecule has 0 radical (unpaired) electrons. The number of nitrogens with zero attached hydrogens (tertiary/aromatic N) is 1. The van der Waals surface area contributed by atoms with Crippen LogP contribution in [0.2, 0.25) is 5.02 Å². The number of fused-ring (bicyclic) bond motifs is 1. The summed E-state index contributed by atoms with van der Waals surface area (Å²) in [6.07, 6.45) is 3.32. The first-order valence-electron chi connectivity index (χ1n) is 13.2. The van der Waals surface area contributed by atoms with E-state index in [0.29, 0.717) is 35.2 Å². The van der Waals surface area contributed by atoms with Crippen molar-refractivity contribution in [3.63, 3.8) is 0 Å². The Hall–Kier alpha value is -3.69. The molecule has 8 nitrogen and oxygen atoms in total. The lowest BCUT2D eigenvalue weighted by Gasteiger charge is -2.18. The van der Waals surface area contributed by atoms with Gasteiger partial charge < -0.3 is 25.1 Å². The van der Waals surface area contributed by atoms with Gasteiger partial charge in [0.25, 0.3) is 0 Å². The van der Waals surface area contributed by atoms with Crippen LogP contribution in [0.25, 0.3) is 22.2 Å². The van der Waals surface area contributed by atoms with Crippen LogP contribution in [0, 0.1) is 6.92 Å². The Morgan fingerprint density at radius 3 is 2.60 bits per heavy atom. The fourth-order valence-electron chi connectivity index (χ4n) is 4.57. The van der Waals surface area contributed by atoms with Gasteiger partial charge in [-0.3, -0.25) is 9.59 Å². The largest absolute Gasteiger partial charge is 0.497 e. The van der Waals surface area contributed by atoms with E-state index in [1.54, 1.807) is 26.2 Å². The predicted octanol–water partition coefficient (Wildman–Crippen LogP) is 6.47. The van der Waals surface area contributed by atoms with Crippen molar-refractivity contribution < 1.29 is 19.1 Å². The Labute approximate surface area is 242 Å². The number of carbonyl (C=O) groups is 3. The van der Waals surface area contributed by atoms with Crippen LogP contribution in [0.3, 0.4) is 0 Å². The number of ether oxygens (including phenoxy) is 1. The van der Waals surface area contributed by atoms with Crippen molar-refractivity contribution in [2.24, 2.45) is 0 Å². The first kappa shape index (κ1) is 29.3. The normalized spacial score (nSPS) is 11.8. The molecule has 2 aromatic carbocycles. The molecule has 4 rings (SSSR count). The Balaban J connectivity index is 1.45. The average Bonchev–Trinajstić information content (AvgIpc) is 3.51. The molecule has 0 bridgehead atoms. The number of methoxy groups -OCH3 is 1. The minimum atomic E-state index is -0.743. The van der Waals surface area contributed by atoms with Gasteiger partial charge in [-0.05, 0) is 62.6 Å². The topological polar surface area (TPSA) is 113 Å². The summed E-state index contributed by atoms with van der Waals surface area (Å²) in [5.41, 5.74) is 4.29. The second kappa shape index (κ2) is 13.6. The highest BCUT2D eigenvalue weighted by molar-refractivity contribution is 7.14. The zero-order valence-corrected chi connectivity index (χ0v) is 24.4. The van der Waals surface area contributed by atoms with E-state index in [9.17, 15) is 14.4 Å². The Bertz CT molecular complexity index is 1500. The van der Waals surface area contributed by atoms with Crippen LogP contribution < -0.4 is 15.4 Å². The first-order chi connectivity index (χ1) is 19.2. The number of Topliss-reactive ketones (excluding diaryl/α,β-unsaturated/α-hetero) is 1.